The average Bonchev–Trinajstić information content (AvgIpc) is 3.10. The Hall–Kier alpha value is -4.11. The van der Waals surface area contributed by atoms with Gasteiger partial charge in [-0.05, 0) is 35.9 Å². The van der Waals surface area contributed by atoms with Crippen LogP contribution in [0.5, 0.6) is 17.2 Å². The maximum Gasteiger partial charge on any atom is 0.300 e. The molecule has 1 heterocycles. The molecule has 0 radical (unpaired) electrons. The van der Waals surface area contributed by atoms with Gasteiger partial charge in [-0.3, -0.25) is 14.5 Å². The van der Waals surface area contributed by atoms with Gasteiger partial charge in [-0.15, -0.1) is 0 Å². The van der Waals surface area contributed by atoms with Crippen LogP contribution in [0.1, 0.15) is 17.2 Å². The number of ether oxygens (including phenoxy) is 2. The van der Waals surface area contributed by atoms with E-state index in [4.69, 9.17) is 21.1 Å². The van der Waals surface area contributed by atoms with E-state index >= 15 is 0 Å². The van der Waals surface area contributed by atoms with E-state index in [-0.39, 0.29) is 33.4 Å². The van der Waals surface area contributed by atoms with Gasteiger partial charge in [-0.25, -0.2) is 8.78 Å². The van der Waals surface area contributed by atoms with Gasteiger partial charge in [0.15, 0.2) is 0 Å². The van der Waals surface area contributed by atoms with Crippen molar-refractivity contribution < 1.29 is 38.1 Å². The van der Waals surface area contributed by atoms with Crippen LogP contribution >= 0.6 is 11.6 Å². The molecule has 1 aliphatic rings. The Bertz CT molecular complexity index is 1390. The van der Waals surface area contributed by atoms with Crippen LogP contribution in [0.4, 0.5) is 14.5 Å². The number of carbonyl (C=O) groups is 2. The predicted molar refractivity (Wildman–Crippen MR) is 124 cm³/mol. The number of phenolic OH excluding ortho intramolecular Hbond substituents is 1. The van der Waals surface area contributed by atoms with Gasteiger partial charge in [0, 0.05) is 12.1 Å². The molecular formula is C25H18ClF2NO6. The fourth-order valence-corrected chi connectivity index (χ4v) is 4.19. The first kappa shape index (κ1) is 24.0. The molecule has 1 unspecified atom stereocenters. The smallest absolute Gasteiger partial charge is 0.300 e. The lowest BCUT2D eigenvalue weighted by Crippen LogP contribution is -2.30. The highest BCUT2D eigenvalue weighted by Gasteiger charge is 2.48. The molecule has 0 aliphatic carbocycles. The average molecular weight is 502 g/mol. The molecule has 3 aromatic carbocycles. The van der Waals surface area contributed by atoms with E-state index in [1.54, 1.807) is 0 Å². The second kappa shape index (κ2) is 9.27. The third-order valence-electron chi connectivity index (χ3n) is 5.53. The third kappa shape index (κ3) is 4.15. The summed E-state index contributed by atoms with van der Waals surface area (Å²) in [6, 6.07) is 9.19. The predicted octanol–water partition coefficient (Wildman–Crippen LogP) is 4.97. The number of aliphatic hydroxyl groups excluding tert-OH is 1. The van der Waals surface area contributed by atoms with Crippen molar-refractivity contribution in [2.75, 3.05) is 19.1 Å². The second-order valence-corrected chi connectivity index (χ2v) is 7.95. The first-order valence-electron chi connectivity index (χ1n) is 10.1. The quantitative estimate of drug-likeness (QED) is 0.291. The first-order chi connectivity index (χ1) is 16.7. The van der Waals surface area contributed by atoms with Crippen molar-refractivity contribution in [1.29, 1.82) is 0 Å². The minimum absolute atomic E-state index is 0.0406. The summed E-state index contributed by atoms with van der Waals surface area (Å²) in [7, 11) is 2.69. The fourth-order valence-electron chi connectivity index (χ4n) is 3.95. The number of halogens is 3. The van der Waals surface area contributed by atoms with Crippen molar-refractivity contribution in [3.8, 4) is 17.2 Å². The summed E-state index contributed by atoms with van der Waals surface area (Å²) in [4.78, 5) is 27.0. The summed E-state index contributed by atoms with van der Waals surface area (Å²) < 4.78 is 39.2. The van der Waals surface area contributed by atoms with Crippen LogP contribution in [-0.2, 0) is 9.59 Å². The second-order valence-electron chi connectivity index (χ2n) is 7.55. The summed E-state index contributed by atoms with van der Waals surface area (Å²) in [5, 5.41) is 21.4. The molecule has 35 heavy (non-hydrogen) atoms. The Kier molecular flexibility index (Phi) is 6.36. The van der Waals surface area contributed by atoms with Crippen LogP contribution in [0, 0.1) is 11.6 Å². The number of methoxy groups -OCH3 is 2. The maximum atomic E-state index is 14.7. The van der Waals surface area contributed by atoms with Gasteiger partial charge in [0.25, 0.3) is 11.7 Å². The molecule has 0 bridgehead atoms. The normalized spacial score (nSPS) is 17.1. The molecule has 4 rings (SSSR count). The highest BCUT2D eigenvalue weighted by Crippen LogP contribution is 2.45. The first-order valence-corrected chi connectivity index (χ1v) is 10.5. The lowest BCUT2D eigenvalue weighted by Gasteiger charge is -2.26. The standard InChI is InChI=1S/C25H18ClF2NO6/c1-34-19-11-20(35-2)16(26)10-15(19)23(31)21-22(12-4-3-5-14(30)8-12)29(25(33)24(21)32)18-9-13(27)6-7-17(18)28/h3-11,22,30-31H,1-2H3/b23-21+. The monoisotopic (exact) mass is 501 g/mol. The van der Waals surface area contributed by atoms with E-state index in [0.717, 1.165) is 23.1 Å². The highest BCUT2D eigenvalue weighted by molar-refractivity contribution is 6.51. The molecule has 1 atom stereocenters. The summed E-state index contributed by atoms with van der Waals surface area (Å²) in [5.41, 5.74) is -0.836. The van der Waals surface area contributed by atoms with Crippen molar-refractivity contribution in [3.63, 3.8) is 0 Å². The van der Waals surface area contributed by atoms with E-state index in [1.165, 1.54) is 50.6 Å². The Labute approximate surface area is 203 Å². The SMILES string of the molecule is COc1cc(OC)c(/C(O)=C2\C(=O)C(=O)N(c3cc(F)ccc3F)C2c2cccc(O)c2)cc1Cl. The number of rotatable bonds is 5. The lowest BCUT2D eigenvalue weighted by molar-refractivity contribution is -0.132. The van der Waals surface area contributed by atoms with Crippen LogP contribution in [0.15, 0.2) is 60.2 Å². The number of phenols is 1. The number of benzene rings is 3. The van der Waals surface area contributed by atoms with E-state index in [1.807, 2.05) is 0 Å². The topological polar surface area (TPSA) is 96.3 Å². The molecule has 1 saturated heterocycles. The number of hydrogen-bond donors (Lipinski definition) is 2. The molecule has 1 fully saturated rings. The van der Waals surface area contributed by atoms with Gasteiger partial charge >= 0.3 is 0 Å². The minimum Gasteiger partial charge on any atom is -0.508 e. The molecule has 0 aromatic heterocycles. The summed E-state index contributed by atoms with van der Waals surface area (Å²) >= 11 is 6.21. The molecule has 1 amide bonds. The lowest BCUT2D eigenvalue weighted by atomic mass is 9.94. The number of Topliss-reactive ketones (excluding diaryl/α,β-unsaturated/α-hetero) is 1. The van der Waals surface area contributed by atoms with Crippen LogP contribution in [-0.4, -0.2) is 36.1 Å². The van der Waals surface area contributed by atoms with E-state index in [0.29, 0.717) is 0 Å². The van der Waals surface area contributed by atoms with E-state index in [9.17, 15) is 28.6 Å². The van der Waals surface area contributed by atoms with Crippen LogP contribution in [0.3, 0.4) is 0 Å². The summed E-state index contributed by atoms with van der Waals surface area (Å²) in [6.45, 7) is 0. The molecule has 0 saturated carbocycles. The van der Waals surface area contributed by atoms with Gasteiger partial charge in [-0.2, -0.15) is 0 Å². The van der Waals surface area contributed by atoms with Crippen LogP contribution in [0.25, 0.3) is 5.76 Å². The zero-order valence-electron chi connectivity index (χ0n) is 18.4. The number of aliphatic hydroxyl groups is 1. The Balaban J connectivity index is 2.03. The number of nitrogens with zero attached hydrogens (tertiary/aromatic N) is 1. The Morgan fingerprint density at radius 2 is 1.71 bits per heavy atom. The van der Waals surface area contributed by atoms with Crippen molar-refractivity contribution in [2.45, 2.75) is 6.04 Å². The zero-order valence-corrected chi connectivity index (χ0v) is 19.1. The van der Waals surface area contributed by atoms with Crippen molar-refractivity contribution >= 4 is 34.7 Å². The van der Waals surface area contributed by atoms with E-state index in [2.05, 4.69) is 0 Å². The van der Waals surface area contributed by atoms with Crippen LogP contribution < -0.4 is 14.4 Å². The molecule has 7 nitrogen and oxygen atoms in total. The number of ketones is 1. The van der Waals surface area contributed by atoms with Gasteiger partial charge in [0.2, 0.25) is 0 Å². The van der Waals surface area contributed by atoms with Gasteiger partial charge < -0.3 is 19.7 Å². The Morgan fingerprint density at radius 3 is 2.37 bits per heavy atom. The zero-order chi connectivity index (χ0) is 25.4. The summed E-state index contributed by atoms with van der Waals surface area (Å²) in [5.74, 6) is -4.76. The molecule has 3 aromatic rings. The van der Waals surface area contributed by atoms with Crippen molar-refractivity contribution in [3.05, 3.63) is 88.0 Å². The molecule has 180 valence electrons. The van der Waals surface area contributed by atoms with Crippen molar-refractivity contribution in [1.82, 2.24) is 0 Å². The number of amides is 1. The largest absolute Gasteiger partial charge is 0.508 e. The molecule has 2 N–H and O–H groups in total. The molecule has 1 aliphatic heterocycles. The highest BCUT2D eigenvalue weighted by atomic mass is 35.5. The third-order valence-corrected chi connectivity index (χ3v) is 5.82. The minimum atomic E-state index is -1.41. The number of hydrogen-bond acceptors (Lipinski definition) is 6. The van der Waals surface area contributed by atoms with Crippen LogP contribution in [0.2, 0.25) is 5.02 Å². The van der Waals surface area contributed by atoms with Gasteiger partial charge in [0.05, 0.1) is 42.1 Å². The number of carbonyl (C=O) groups excluding carboxylic acids is 2. The number of anilines is 1. The van der Waals surface area contributed by atoms with Crippen molar-refractivity contribution in [2.24, 2.45) is 0 Å². The van der Waals surface area contributed by atoms with E-state index < -0.39 is 46.4 Å². The summed E-state index contributed by atoms with van der Waals surface area (Å²) in [6.07, 6.45) is 0. The molecule has 0 spiro atoms. The van der Waals surface area contributed by atoms with Gasteiger partial charge in [0.1, 0.15) is 34.6 Å². The van der Waals surface area contributed by atoms with Gasteiger partial charge in [-0.1, -0.05) is 23.7 Å². The molecular weight excluding hydrogens is 484 g/mol. The number of aromatic hydroxyl groups is 1. The molecule has 10 heteroatoms. The Morgan fingerprint density at radius 1 is 1.00 bits per heavy atom. The maximum absolute atomic E-state index is 14.7. The fraction of sp³-hybridized carbons (Fsp3) is 0.120.